The number of primary amides is 1. The molecule has 2 aromatic rings. The lowest BCUT2D eigenvalue weighted by Gasteiger charge is -2.53. The van der Waals surface area contributed by atoms with Gasteiger partial charge in [0.05, 0.1) is 11.7 Å². The van der Waals surface area contributed by atoms with Crippen LogP contribution in [0.5, 0.6) is 5.75 Å². The predicted molar refractivity (Wildman–Crippen MR) is 144 cm³/mol. The van der Waals surface area contributed by atoms with Crippen LogP contribution in [0.2, 0.25) is 0 Å². The standard InChI is InChI=1S/C29H32N3O7/c1-31(2)15-7-5-13(6-8-15)16-9-10-19(33)21-17(16)11-14-12-18-23(32(3)4)25(35)22(28(30)38)27(37)29(18,39)26(36)20(14)24(21)34/h5-11,14,18,22-23,25,33-35,39H,12H2,1-4H3,(H2,30,38)/t14-,18-,22?,23-,25?,29-/m1/s1. The average molecular weight is 535 g/mol. The highest BCUT2D eigenvalue weighted by Gasteiger charge is 2.67. The minimum absolute atomic E-state index is 0.0183. The van der Waals surface area contributed by atoms with Crippen LogP contribution >= 0.6 is 0 Å². The Morgan fingerprint density at radius 3 is 2.23 bits per heavy atom. The van der Waals surface area contributed by atoms with Crippen molar-refractivity contribution in [1.29, 1.82) is 0 Å². The van der Waals surface area contributed by atoms with Gasteiger partial charge in [0.1, 0.15) is 17.4 Å². The predicted octanol–water partition coefficient (Wildman–Crippen LogP) is 0.872. The lowest BCUT2D eigenvalue weighted by molar-refractivity contribution is -0.183. The highest BCUT2D eigenvalue weighted by atomic mass is 16.3. The number of fused-ring (bicyclic) bond motifs is 3. The van der Waals surface area contributed by atoms with Gasteiger partial charge in [0, 0.05) is 37.3 Å². The number of carbonyl (C=O) groups excluding carboxylic acids is 3. The number of ketones is 2. The number of benzene rings is 2. The molecule has 3 aliphatic carbocycles. The normalized spacial score (nSPS) is 30.1. The van der Waals surface area contributed by atoms with E-state index in [-0.39, 0.29) is 23.3 Å². The minimum atomic E-state index is -2.69. The van der Waals surface area contributed by atoms with Crippen LogP contribution in [0.25, 0.3) is 16.9 Å². The number of aromatic hydroxyl groups is 1. The second-order valence-electron chi connectivity index (χ2n) is 11.0. The molecule has 0 spiro atoms. The van der Waals surface area contributed by atoms with Crippen molar-refractivity contribution in [3.8, 4) is 16.9 Å². The molecule has 3 aliphatic rings. The number of likely N-dealkylation sites (N-methyl/N-ethyl adjacent to an activating group) is 1. The molecule has 6 N–H and O–H groups in total. The number of carbonyl (C=O) groups is 3. The van der Waals surface area contributed by atoms with Crippen molar-refractivity contribution >= 4 is 28.9 Å². The summed E-state index contributed by atoms with van der Waals surface area (Å²) in [6, 6.07) is 9.90. The van der Waals surface area contributed by atoms with Crippen molar-refractivity contribution in [2.24, 2.45) is 23.5 Å². The summed E-state index contributed by atoms with van der Waals surface area (Å²) < 4.78 is 0. The summed E-state index contributed by atoms with van der Waals surface area (Å²) in [4.78, 5) is 43.0. The van der Waals surface area contributed by atoms with Crippen molar-refractivity contribution in [2.45, 2.75) is 24.2 Å². The molecule has 2 fully saturated rings. The maximum absolute atomic E-state index is 13.9. The summed E-state index contributed by atoms with van der Waals surface area (Å²) in [5, 5.41) is 44.8. The van der Waals surface area contributed by atoms with E-state index in [0.717, 1.165) is 11.3 Å². The monoisotopic (exact) mass is 534 g/mol. The van der Waals surface area contributed by atoms with Crippen molar-refractivity contribution < 1.29 is 34.8 Å². The van der Waals surface area contributed by atoms with Gasteiger partial charge in [-0.25, -0.2) is 0 Å². The Labute approximate surface area is 226 Å². The maximum atomic E-state index is 13.9. The summed E-state index contributed by atoms with van der Waals surface area (Å²) in [6.07, 6.45) is 0.237. The van der Waals surface area contributed by atoms with E-state index in [9.17, 15) is 34.8 Å². The van der Waals surface area contributed by atoms with Crippen LogP contribution in [0.15, 0.2) is 42.0 Å². The molecular weight excluding hydrogens is 502 g/mol. The number of nitrogens with two attached hydrogens (primary N) is 1. The number of hydrogen-bond donors (Lipinski definition) is 5. The van der Waals surface area contributed by atoms with E-state index in [0.29, 0.717) is 11.1 Å². The van der Waals surface area contributed by atoms with E-state index < -0.39 is 58.7 Å². The highest BCUT2D eigenvalue weighted by molar-refractivity contribution is 6.25. The molecule has 0 aliphatic heterocycles. The number of aliphatic hydroxyl groups excluding tert-OH is 2. The molecule has 5 rings (SSSR count). The van der Waals surface area contributed by atoms with E-state index in [1.165, 1.54) is 6.07 Å². The van der Waals surface area contributed by atoms with Crippen LogP contribution in [-0.2, 0) is 14.4 Å². The van der Waals surface area contributed by atoms with E-state index in [4.69, 9.17) is 5.73 Å². The van der Waals surface area contributed by atoms with Gasteiger partial charge in [0.15, 0.2) is 11.4 Å². The number of rotatable bonds is 4. The summed E-state index contributed by atoms with van der Waals surface area (Å²) >= 11 is 0. The highest BCUT2D eigenvalue weighted by Crippen LogP contribution is 2.53. The second kappa shape index (κ2) is 9.18. The van der Waals surface area contributed by atoms with E-state index in [1.54, 1.807) is 31.5 Å². The number of amides is 1. The molecule has 6 atom stereocenters. The lowest BCUT2D eigenvalue weighted by atomic mass is 9.54. The number of phenolic OH excluding ortho intramolecular Hbond substituents is 1. The van der Waals surface area contributed by atoms with Crippen LogP contribution in [-0.4, -0.2) is 88.7 Å². The van der Waals surface area contributed by atoms with Gasteiger partial charge in [-0.05, 0) is 67.7 Å². The topological polar surface area (TPSA) is 165 Å². The molecule has 0 saturated heterocycles. The zero-order valence-electron chi connectivity index (χ0n) is 22.1. The van der Waals surface area contributed by atoms with Gasteiger partial charge < -0.3 is 36.0 Å². The van der Waals surface area contributed by atoms with E-state index in [2.05, 4.69) is 0 Å². The van der Waals surface area contributed by atoms with Gasteiger partial charge in [-0.3, -0.25) is 14.4 Å². The third-order valence-electron chi connectivity index (χ3n) is 8.45. The zero-order valence-corrected chi connectivity index (χ0v) is 22.1. The van der Waals surface area contributed by atoms with Crippen molar-refractivity contribution in [1.82, 2.24) is 4.90 Å². The first kappa shape index (κ1) is 26.9. The zero-order chi connectivity index (χ0) is 28.5. The Kier molecular flexibility index (Phi) is 6.32. The molecule has 2 aromatic carbocycles. The van der Waals surface area contributed by atoms with Gasteiger partial charge in [-0.1, -0.05) is 18.2 Å². The Morgan fingerprint density at radius 1 is 1.03 bits per heavy atom. The molecule has 0 bridgehead atoms. The first-order valence-electron chi connectivity index (χ1n) is 12.7. The van der Waals surface area contributed by atoms with Crippen LogP contribution in [0.4, 0.5) is 5.69 Å². The SMILES string of the molecule is CN(C)c1ccc(-c2ccc(O)c3c2[CH][C@@H]2C[C@@H]4[C@@H](N(C)C)C(O)C(C(N)=O)C(=O)[C@]4(O)C(=O)C2=C3O)cc1. The number of hydrogen-bond acceptors (Lipinski definition) is 9. The van der Waals surface area contributed by atoms with Crippen LogP contribution in [0, 0.1) is 24.2 Å². The summed E-state index contributed by atoms with van der Waals surface area (Å²) in [5.41, 5.74) is 5.56. The summed E-state index contributed by atoms with van der Waals surface area (Å²) in [5.74, 6) is -7.81. The van der Waals surface area contributed by atoms with Gasteiger partial charge in [-0.15, -0.1) is 0 Å². The second-order valence-corrected chi connectivity index (χ2v) is 11.0. The van der Waals surface area contributed by atoms with Crippen molar-refractivity contribution in [3.05, 3.63) is 59.5 Å². The number of Topliss-reactive ketones (excluding diaryl/α,β-unsaturated/α-hetero) is 2. The fraction of sp³-hybridized carbons (Fsp3) is 0.379. The largest absolute Gasteiger partial charge is 0.507 e. The van der Waals surface area contributed by atoms with Crippen LogP contribution in [0.3, 0.4) is 0 Å². The molecular formula is C29H32N3O7. The maximum Gasteiger partial charge on any atom is 0.230 e. The van der Waals surface area contributed by atoms with Crippen LogP contribution < -0.4 is 10.6 Å². The molecule has 2 saturated carbocycles. The Balaban J connectivity index is 1.67. The Morgan fingerprint density at radius 2 is 1.67 bits per heavy atom. The number of phenols is 1. The third-order valence-corrected chi connectivity index (χ3v) is 8.45. The fourth-order valence-corrected chi connectivity index (χ4v) is 6.57. The van der Waals surface area contributed by atoms with Crippen molar-refractivity contribution in [3.63, 3.8) is 0 Å². The summed E-state index contributed by atoms with van der Waals surface area (Å²) in [6.45, 7) is 0. The molecule has 39 heavy (non-hydrogen) atoms. The first-order valence-corrected chi connectivity index (χ1v) is 12.7. The number of aliphatic hydroxyl groups is 3. The minimum Gasteiger partial charge on any atom is -0.507 e. The quantitative estimate of drug-likeness (QED) is 0.358. The Bertz CT molecular complexity index is 1410. The van der Waals surface area contributed by atoms with Gasteiger partial charge in [0.25, 0.3) is 0 Å². The lowest BCUT2D eigenvalue weighted by Crippen LogP contribution is -2.73. The molecule has 10 nitrogen and oxygen atoms in total. The number of nitrogens with zero attached hydrogens (tertiary/aromatic N) is 2. The molecule has 1 amide bonds. The fourth-order valence-electron chi connectivity index (χ4n) is 6.57. The van der Waals surface area contributed by atoms with Crippen LogP contribution in [0.1, 0.15) is 17.5 Å². The van der Waals surface area contributed by atoms with Crippen molar-refractivity contribution in [2.75, 3.05) is 33.1 Å². The van der Waals surface area contributed by atoms with Gasteiger partial charge in [0.2, 0.25) is 11.7 Å². The molecule has 1 radical (unpaired) electrons. The molecule has 10 heteroatoms. The molecule has 205 valence electrons. The molecule has 0 heterocycles. The van der Waals surface area contributed by atoms with E-state index in [1.807, 2.05) is 43.3 Å². The van der Waals surface area contributed by atoms with Gasteiger partial charge in [-0.2, -0.15) is 0 Å². The van der Waals surface area contributed by atoms with E-state index >= 15 is 0 Å². The molecule has 2 unspecified atom stereocenters. The Hall–Kier alpha value is -3.73. The first-order chi connectivity index (χ1) is 18.3. The average Bonchev–Trinajstić information content (AvgIpc) is 2.86. The number of anilines is 1. The smallest absolute Gasteiger partial charge is 0.230 e. The molecule has 0 aromatic heterocycles. The summed E-state index contributed by atoms with van der Waals surface area (Å²) in [7, 11) is 7.08. The van der Waals surface area contributed by atoms with Gasteiger partial charge >= 0.3 is 0 Å². The third kappa shape index (κ3) is 3.77.